The molecule has 90 valence electrons. The fraction of sp³-hybridized carbons (Fsp3) is 0.500. The molecule has 0 saturated heterocycles. The molecule has 0 aliphatic rings. The largest absolute Gasteiger partial charge is 0.392 e. The van der Waals surface area contributed by atoms with E-state index < -0.39 is 0 Å². The predicted octanol–water partition coefficient (Wildman–Crippen LogP) is 2.73. The molecule has 0 heterocycles. The van der Waals surface area contributed by atoms with Gasteiger partial charge in [0, 0.05) is 23.7 Å². The van der Waals surface area contributed by atoms with Crippen molar-refractivity contribution in [1.29, 1.82) is 0 Å². The second kappa shape index (κ2) is 6.84. The first-order valence-electron chi connectivity index (χ1n) is 5.46. The van der Waals surface area contributed by atoms with E-state index in [9.17, 15) is 9.50 Å². The van der Waals surface area contributed by atoms with Crippen LogP contribution in [-0.2, 0) is 6.54 Å². The highest BCUT2D eigenvalue weighted by atomic mass is 35.5. The van der Waals surface area contributed by atoms with Gasteiger partial charge in [0.05, 0.1) is 6.10 Å². The standard InChI is InChI=1S/C12H17ClFNO/c1-2-3-11(16)8-15-7-9-6-10(13)4-5-12(9)14/h4-6,11,15-16H,2-3,7-8H2,1H3. The Morgan fingerprint density at radius 3 is 2.94 bits per heavy atom. The maximum atomic E-state index is 13.3. The molecule has 0 amide bonds. The Bertz CT molecular complexity index is 333. The molecule has 0 aliphatic carbocycles. The Labute approximate surface area is 100 Å². The molecule has 0 spiro atoms. The number of rotatable bonds is 6. The second-order valence-corrected chi connectivity index (χ2v) is 4.25. The fourth-order valence-electron chi connectivity index (χ4n) is 1.49. The molecule has 4 heteroatoms. The average molecular weight is 246 g/mol. The van der Waals surface area contributed by atoms with E-state index in [0.29, 0.717) is 23.7 Å². The molecule has 1 atom stereocenters. The monoisotopic (exact) mass is 245 g/mol. The molecule has 0 bridgehead atoms. The summed E-state index contributed by atoms with van der Waals surface area (Å²) in [6, 6.07) is 4.46. The van der Waals surface area contributed by atoms with Crippen molar-refractivity contribution in [2.45, 2.75) is 32.4 Å². The van der Waals surface area contributed by atoms with Crippen molar-refractivity contribution in [2.75, 3.05) is 6.54 Å². The van der Waals surface area contributed by atoms with Crippen molar-refractivity contribution in [2.24, 2.45) is 0 Å². The van der Waals surface area contributed by atoms with Crippen LogP contribution in [0.3, 0.4) is 0 Å². The van der Waals surface area contributed by atoms with Crippen LogP contribution in [0.4, 0.5) is 4.39 Å². The molecule has 1 aromatic carbocycles. The summed E-state index contributed by atoms with van der Waals surface area (Å²) in [6.45, 7) is 2.87. The van der Waals surface area contributed by atoms with Crippen molar-refractivity contribution in [3.05, 3.63) is 34.6 Å². The van der Waals surface area contributed by atoms with E-state index in [-0.39, 0.29) is 11.9 Å². The van der Waals surface area contributed by atoms with E-state index in [1.165, 1.54) is 12.1 Å². The van der Waals surface area contributed by atoms with E-state index in [1.807, 2.05) is 6.92 Å². The maximum absolute atomic E-state index is 13.3. The van der Waals surface area contributed by atoms with E-state index in [1.54, 1.807) is 6.07 Å². The number of halogens is 2. The number of hydrogen-bond acceptors (Lipinski definition) is 2. The maximum Gasteiger partial charge on any atom is 0.127 e. The number of hydrogen-bond donors (Lipinski definition) is 2. The predicted molar refractivity (Wildman–Crippen MR) is 64.0 cm³/mol. The van der Waals surface area contributed by atoms with Gasteiger partial charge in [0.1, 0.15) is 5.82 Å². The summed E-state index contributed by atoms with van der Waals surface area (Å²) in [4.78, 5) is 0. The van der Waals surface area contributed by atoms with Crippen molar-refractivity contribution in [3.8, 4) is 0 Å². The van der Waals surface area contributed by atoms with Gasteiger partial charge in [0.2, 0.25) is 0 Å². The van der Waals surface area contributed by atoms with Gasteiger partial charge in [0.15, 0.2) is 0 Å². The Balaban J connectivity index is 2.39. The molecule has 16 heavy (non-hydrogen) atoms. The zero-order valence-electron chi connectivity index (χ0n) is 9.34. The highest BCUT2D eigenvalue weighted by molar-refractivity contribution is 6.30. The van der Waals surface area contributed by atoms with E-state index in [2.05, 4.69) is 5.32 Å². The molecular weight excluding hydrogens is 229 g/mol. The lowest BCUT2D eigenvalue weighted by Gasteiger charge is -2.11. The Morgan fingerprint density at radius 2 is 2.25 bits per heavy atom. The van der Waals surface area contributed by atoms with Gasteiger partial charge in [0.25, 0.3) is 0 Å². The third kappa shape index (κ3) is 4.47. The van der Waals surface area contributed by atoms with Crippen molar-refractivity contribution in [1.82, 2.24) is 5.32 Å². The van der Waals surface area contributed by atoms with Gasteiger partial charge in [-0.3, -0.25) is 0 Å². The lowest BCUT2D eigenvalue weighted by Crippen LogP contribution is -2.26. The smallest absolute Gasteiger partial charge is 0.127 e. The minimum absolute atomic E-state index is 0.276. The summed E-state index contributed by atoms with van der Waals surface area (Å²) >= 11 is 5.76. The molecule has 0 radical (unpaired) electrons. The molecule has 2 nitrogen and oxygen atoms in total. The summed E-state index contributed by atoms with van der Waals surface area (Å²) in [5.74, 6) is -0.276. The third-order valence-electron chi connectivity index (χ3n) is 2.33. The van der Waals surface area contributed by atoms with Gasteiger partial charge in [-0.1, -0.05) is 24.9 Å². The highest BCUT2D eigenvalue weighted by Gasteiger charge is 2.05. The molecule has 0 saturated carbocycles. The van der Waals surface area contributed by atoms with Gasteiger partial charge >= 0.3 is 0 Å². The van der Waals surface area contributed by atoms with Crippen LogP contribution in [0.5, 0.6) is 0 Å². The minimum atomic E-state index is -0.368. The van der Waals surface area contributed by atoms with Crippen LogP contribution in [0.25, 0.3) is 0 Å². The van der Waals surface area contributed by atoms with Gasteiger partial charge in [-0.25, -0.2) is 4.39 Å². The Kier molecular flexibility index (Phi) is 5.74. The van der Waals surface area contributed by atoms with E-state index in [4.69, 9.17) is 11.6 Å². The zero-order valence-corrected chi connectivity index (χ0v) is 10.1. The number of aliphatic hydroxyl groups excluding tert-OH is 1. The molecule has 1 unspecified atom stereocenters. The number of aliphatic hydroxyl groups is 1. The van der Waals surface area contributed by atoms with E-state index >= 15 is 0 Å². The van der Waals surface area contributed by atoms with Crippen LogP contribution in [0.1, 0.15) is 25.3 Å². The first-order valence-corrected chi connectivity index (χ1v) is 5.84. The third-order valence-corrected chi connectivity index (χ3v) is 2.56. The molecule has 0 fully saturated rings. The van der Waals surface area contributed by atoms with Crippen molar-refractivity contribution < 1.29 is 9.50 Å². The minimum Gasteiger partial charge on any atom is -0.392 e. The fourth-order valence-corrected chi connectivity index (χ4v) is 1.68. The van der Waals surface area contributed by atoms with Crippen LogP contribution < -0.4 is 5.32 Å². The van der Waals surface area contributed by atoms with Crippen LogP contribution in [0.15, 0.2) is 18.2 Å². The van der Waals surface area contributed by atoms with Crippen LogP contribution in [0.2, 0.25) is 5.02 Å². The van der Waals surface area contributed by atoms with Gasteiger partial charge in [-0.2, -0.15) is 0 Å². The van der Waals surface area contributed by atoms with Crippen LogP contribution >= 0.6 is 11.6 Å². The van der Waals surface area contributed by atoms with Crippen LogP contribution in [0, 0.1) is 5.82 Å². The van der Waals surface area contributed by atoms with Gasteiger partial charge < -0.3 is 10.4 Å². The summed E-state index contributed by atoms with van der Waals surface area (Å²) in [6.07, 6.45) is 1.33. The SMILES string of the molecule is CCCC(O)CNCc1cc(Cl)ccc1F. The van der Waals surface area contributed by atoms with Crippen molar-refractivity contribution in [3.63, 3.8) is 0 Å². The molecule has 1 rings (SSSR count). The molecule has 0 aromatic heterocycles. The summed E-state index contributed by atoms with van der Waals surface area (Å²) in [7, 11) is 0. The Hall–Kier alpha value is -0.640. The van der Waals surface area contributed by atoms with E-state index in [0.717, 1.165) is 12.8 Å². The first-order chi connectivity index (χ1) is 7.63. The quantitative estimate of drug-likeness (QED) is 0.808. The highest BCUT2D eigenvalue weighted by Crippen LogP contribution is 2.14. The number of nitrogens with one attached hydrogen (secondary N) is 1. The molecule has 1 aromatic rings. The normalized spacial score (nSPS) is 12.8. The molecular formula is C12H17ClFNO. The summed E-state index contributed by atoms with van der Waals surface area (Å²) in [5, 5.41) is 13.0. The van der Waals surface area contributed by atoms with Gasteiger partial charge in [-0.15, -0.1) is 0 Å². The Morgan fingerprint density at radius 1 is 1.50 bits per heavy atom. The molecule has 2 N–H and O–H groups in total. The molecule has 0 aliphatic heterocycles. The number of benzene rings is 1. The zero-order chi connectivity index (χ0) is 12.0. The summed E-state index contributed by atoms with van der Waals surface area (Å²) < 4.78 is 13.3. The van der Waals surface area contributed by atoms with Crippen molar-refractivity contribution >= 4 is 11.6 Å². The lowest BCUT2D eigenvalue weighted by molar-refractivity contribution is 0.160. The summed E-state index contributed by atoms with van der Waals surface area (Å²) in [5.41, 5.74) is 0.524. The lowest BCUT2D eigenvalue weighted by atomic mass is 10.2. The van der Waals surface area contributed by atoms with Crippen LogP contribution in [-0.4, -0.2) is 17.8 Å². The van der Waals surface area contributed by atoms with Gasteiger partial charge in [-0.05, 0) is 24.6 Å². The average Bonchev–Trinajstić information content (AvgIpc) is 2.23. The first kappa shape index (κ1) is 13.4. The topological polar surface area (TPSA) is 32.3 Å². The second-order valence-electron chi connectivity index (χ2n) is 3.81.